The number of halogens is 1. The van der Waals surface area contributed by atoms with Crippen LogP contribution in [0.1, 0.15) is 64.2 Å². The lowest BCUT2D eigenvalue weighted by Gasteiger charge is -2.31. The van der Waals surface area contributed by atoms with E-state index in [2.05, 4.69) is 21.7 Å². The van der Waals surface area contributed by atoms with Gasteiger partial charge in [-0.15, -0.1) is 10.2 Å². The van der Waals surface area contributed by atoms with Gasteiger partial charge in [-0.1, -0.05) is 30.3 Å². The largest absolute Gasteiger partial charge is 0.483 e. The number of fused-ring (bicyclic) bond motifs is 2. The number of carbonyl (C=O) groups is 2. The van der Waals surface area contributed by atoms with Crippen molar-refractivity contribution in [3.05, 3.63) is 35.9 Å². The number of esters is 1. The maximum Gasteiger partial charge on any atom is 0.309 e. The van der Waals surface area contributed by atoms with Crippen molar-refractivity contribution in [3.8, 4) is 5.75 Å². The molecule has 2 bridgehead atoms. The van der Waals surface area contributed by atoms with Crippen LogP contribution in [0.2, 0.25) is 0 Å². The quantitative estimate of drug-likeness (QED) is 0.311. The van der Waals surface area contributed by atoms with E-state index in [-0.39, 0.29) is 41.9 Å². The molecule has 1 aliphatic heterocycles. The van der Waals surface area contributed by atoms with Crippen LogP contribution in [0.15, 0.2) is 29.4 Å². The summed E-state index contributed by atoms with van der Waals surface area (Å²) in [5.74, 6) is 2.45. The molecule has 3 fully saturated rings. The molecular formula is C28H37FN4O4S. The van der Waals surface area contributed by atoms with Crippen molar-refractivity contribution in [2.75, 3.05) is 25.4 Å². The first-order valence-electron chi connectivity index (χ1n) is 13.8. The predicted octanol–water partition coefficient (Wildman–Crippen LogP) is 4.89. The lowest BCUT2D eigenvalue weighted by atomic mass is 9.84. The van der Waals surface area contributed by atoms with Crippen molar-refractivity contribution in [2.45, 2.75) is 70.2 Å². The number of para-hydroxylation sites is 1. The van der Waals surface area contributed by atoms with Gasteiger partial charge in [0, 0.05) is 19.1 Å². The molecule has 206 valence electrons. The molecule has 38 heavy (non-hydrogen) atoms. The number of aromatic nitrogens is 3. The van der Waals surface area contributed by atoms with E-state index in [1.54, 1.807) is 18.2 Å². The third-order valence-electron chi connectivity index (χ3n) is 8.54. The maximum absolute atomic E-state index is 14.2. The lowest BCUT2D eigenvalue weighted by Crippen LogP contribution is -2.41. The zero-order valence-electron chi connectivity index (χ0n) is 22.2. The van der Waals surface area contributed by atoms with Crippen LogP contribution < -0.4 is 4.74 Å². The van der Waals surface area contributed by atoms with Gasteiger partial charge in [0.2, 0.25) is 5.91 Å². The molecule has 1 aromatic heterocycles. The van der Waals surface area contributed by atoms with Crippen molar-refractivity contribution < 1.29 is 23.5 Å². The molecule has 1 amide bonds. The van der Waals surface area contributed by atoms with Crippen molar-refractivity contribution >= 4 is 23.6 Å². The summed E-state index contributed by atoms with van der Waals surface area (Å²) >= 11 is 1.39. The van der Waals surface area contributed by atoms with Gasteiger partial charge in [0.15, 0.2) is 22.5 Å². The molecule has 5 rings (SSSR count). The smallest absolute Gasteiger partial charge is 0.309 e. The fourth-order valence-electron chi connectivity index (χ4n) is 6.54. The first kappa shape index (κ1) is 27.0. The van der Waals surface area contributed by atoms with Crippen molar-refractivity contribution in [2.24, 2.45) is 23.7 Å². The third kappa shape index (κ3) is 5.84. The molecule has 0 N–H and O–H groups in total. The summed E-state index contributed by atoms with van der Waals surface area (Å²) in [6, 6.07) is 6.52. The first-order valence-corrected chi connectivity index (χ1v) is 14.8. The molecule has 2 aliphatic carbocycles. The van der Waals surface area contributed by atoms with E-state index >= 15 is 0 Å². The number of ether oxygens (including phenoxy) is 2. The highest BCUT2D eigenvalue weighted by Crippen LogP contribution is 2.52. The van der Waals surface area contributed by atoms with E-state index in [9.17, 15) is 14.0 Å². The number of piperidine rings is 1. The van der Waals surface area contributed by atoms with Gasteiger partial charge >= 0.3 is 5.97 Å². The summed E-state index contributed by atoms with van der Waals surface area (Å²) < 4.78 is 27.2. The van der Waals surface area contributed by atoms with Crippen LogP contribution >= 0.6 is 11.8 Å². The minimum absolute atomic E-state index is 0.0311. The van der Waals surface area contributed by atoms with E-state index in [4.69, 9.17) is 9.47 Å². The van der Waals surface area contributed by atoms with Gasteiger partial charge in [0.05, 0.1) is 18.3 Å². The van der Waals surface area contributed by atoms with Crippen molar-refractivity contribution in [1.29, 1.82) is 0 Å². The van der Waals surface area contributed by atoms with Gasteiger partial charge in [0.25, 0.3) is 0 Å². The predicted molar refractivity (Wildman–Crippen MR) is 141 cm³/mol. The zero-order valence-corrected chi connectivity index (χ0v) is 23.0. The van der Waals surface area contributed by atoms with Gasteiger partial charge in [-0.2, -0.15) is 0 Å². The summed E-state index contributed by atoms with van der Waals surface area (Å²) in [6.07, 6.45) is 6.35. The van der Waals surface area contributed by atoms with Crippen LogP contribution in [0.5, 0.6) is 5.75 Å². The SMILES string of the molecule is CCOC(=O)C1CCN(C(=O)CSc2nnc(COc3ccccc3F)n2C(C)C2CC3CCC2C3)CC1. The van der Waals surface area contributed by atoms with E-state index < -0.39 is 5.82 Å². The van der Waals surface area contributed by atoms with E-state index in [0.717, 1.165) is 5.92 Å². The number of likely N-dealkylation sites (tertiary alicyclic amines) is 1. The van der Waals surface area contributed by atoms with Crippen molar-refractivity contribution in [3.63, 3.8) is 0 Å². The summed E-state index contributed by atoms with van der Waals surface area (Å²) in [5, 5.41) is 9.57. The van der Waals surface area contributed by atoms with E-state index in [0.29, 0.717) is 55.4 Å². The fourth-order valence-corrected chi connectivity index (χ4v) is 7.48. The highest BCUT2D eigenvalue weighted by molar-refractivity contribution is 7.99. The molecule has 2 heterocycles. The standard InChI is InChI=1S/C28H37FN4O4S/c1-3-36-27(35)20-10-12-32(13-11-20)26(34)17-38-28-31-30-25(16-37-24-7-5-4-6-23(24)29)33(28)18(2)22-15-19-8-9-21(22)14-19/h4-7,18-22H,3,8-17H2,1-2H3. The highest BCUT2D eigenvalue weighted by Gasteiger charge is 2.43. The molecule has 8 nitrogen and oxygen atoms in total. The second-order valence-corrected chi connectivity index (χ2v) is 11.7. The third-order valence-corrected chi connectivity index (χ3v) is 9.47. The Kier molecular flexibility index (Phi) is 8.55. The molecule has 1 saturated heterocycles. The Bertz CT molecular complexity index is 1140. The Morgan fingerprint density at radius 3 is 2.61 bits per heavy atom. The normalized spacial score (nSPS) is 24.0. The monoisotopic (exact) mass is 544 g/mol. The zero-order chi connectivity index (χ0) is 26.6. The summed E-state index contributed by atoms with van der Waals surface area (Å²) in [6.45, 7) is 5.62. The number of nitrogens with zero attached hydrogens (tertiary/aromatic N) is 4. The maximum atomic E-state index is 14.2. The van der Waals surface area contributed by atoms with Crippen LogP contribution in [0, 0.1) is 29.5 Å². The van der Waals surface area contributed by atoms with Crippen LogP contribution in [-0.2, 0) is 20.9 Å². The molecule has 4 atom stereocenters. The van der Waals surface area contributed by atoms with Gasteiger partial charge in [-0.3, -0.25) is 14.2 Å². The second-order valence-electron chi connectivity index (χ2n) is 10.8. The molecule has 4 unspecified atom stereocenters. The van der Waals surface area contributed by atoms with Crippen LogP contribution in [0.25, 0.3) is 0 Å². The second kappa shape index (κ2) is 12.1. The average Bonchev–Trinajstić information content (AvgIpc) is 3.67. The highest BCUT2D eigenvalue weighted by atomic mass is 32.2. The molecule has 10 heteroatoms. The number of carbonyl (C=O) groups excluding carboxylic acids is 2. The molecule has 2 saturated carbocycles. The summed E-state index contributed by atoms with van der Waals surface area (Å²) in [4.78, 5) is 26.9. The van der Waals surface area contributed by atoms with Crippen LogP contribution in [-0.4, -0.2) is 57.0 Å². The number of benzene rings is 1. The van der Waals surface area contributed by atoms with Gasteiger partial charge in [0.1, 0.15) is 6.61 Å². The number of thioether (sulfide) groups is 1. The Labute approximate surface area is 227 Å². The Morgan fingerprint density at radius 2 is 1.92 bits per heavy atom. The lowest BCUT2D eigenvalue weighted by molar-refractivity contribution is -0.151. The molecular weight excluding hydrogens is 507 g/mol. The van der Waals surface area contributed by atoms with Crippen LogP contribution in [0.4, 0.5) is 4.39 Å². The molecule has 0 spiro atoms. The topological polar surface area (TPSA) is 86.6 Å². The van der Waals surface area contributed by atoms with Crippen LogP contribution in [0.3, 0.4) is 0 Å². The van der Waals surface area contributed by atoms with E-state index in [1.807, 2.05) is 11.8 Å². The van der Waals surface area contributed by atoms with Crippen molar-refractivity contribution in [1.82, 2.24) is 19.7 Å². The Balaban J connectivity index is 1.25. The number of amides is 1. The molecule has 0 radical (unpaired) electrons. The average molecular weight is 545 g/mol. The molecule has 1 aromatic carbocycles. The number of rotatable bonds is 10. The van der Waals surface area contributed by atoms with E-state index in [1.165, 1.54) is 43.5 Å². The van der Waals surface area contributed by atoms with Gasteiger partial charge in [-0.25, -0.2) is 4.39 Å². The van der Waals surface area contributed by atoms with Gasteiger partial charge in [-0.05, 0) is 75.8 Å². The van der Waals surface area contributed by atoms with Gasteiger partial charge < -0.3 is 14.4 Å². The Morgan fingerprint density at radius 1 is 1.13 bits per heavy atom. The Hall–Kier alpha value is -2.62. The number of hydrogen-bond donors (Lipinski definition) is 0. The molecule has 3 aliphatic rings. The summed E-state index contributed by atoms with van der Waals surface area (Å²) in [7, 11) is 0. The molecule has 2 aromatic rings. The minimum Gasteiger partial charge on any atom is -0.483 e. The minimum atomic E-state index is -0.411. The number of hydrogen-bond acceptors (Lipinski definition) is 7. The summed E-state index contributed by atoms with van der Waals surface area (Å²) in [5.41, 5.74) is 0. The fraction of sp³-hybridized carbons (Fsp3) is 0.643. The first-order chi connectivity index (χ1) is 18.4.